The van der Waals surface area contributed by atoms with Crippen LogP contribution in [-0.2, 0) is 4.79 Å². The van der Waals surface area contributed by atoms with Crippen LogP contribution in [0.4, 0.5) is 10.5 Å². The fourth-order valence-corrected chi connectivity index (χ4v) is 3.18. The van der Waals surface area contributed by atoms with Crippen molar-refractivity contribution < 1.29 is 19.4 Å². The summed E-state index contributed by atoms with van der Waals surface area (Å²) in [6.45, 7) is 6.19. The van der Waals surface area contributed by atoms with E-state index in [1.807, 2.05) is 38.1 Å². The fourth-order valence-electron chi connectivity index (χ4n) is 3.07. The summed E-state index contributed by atoms with van der Waals surface area (Å²) >= 11 is 5.63. The molecule has 1 aliphatic heterocycles. The van der Waals surface area contributed by atoms with Gasteiger partial charge in [-0.3, -0.25) is 9.69 Å². The number of carboxylic acid groups (broad SMARTS) is 1. The number of amides is 2. The van der Waals surface area contributed by atoms with E-state index in [2.05, 4.69) is 0 Å². The van der Waals surface area contributed by atoms with Crippen LogP contribution in [0.1, 0.15) is 33.6 Å². The molecule has 1 aromatic rings. The maximum absolute atomic E-state index is 13.1. The molecule has 1 aliphatic rings. The van der Waals surface area contributed by atoms with Crippen molar-refractivity contribution in [2.75, 3.05) is 23.9 Å². The highest BCUT2D eigenvalue weighted by Crippen LogP contribution is 2.33. The van der Waals surface area contributed by atoms with Crippen molar-refractivity contribution in [2.45, 2.75) is 45.2 Å². The first-order chi connectivity index (χ1) is 11.8. The van der Waals surface area contributed by atoms with Crippen LogP contribution >= 0.6 is 11.6 Å². The number of anilines is 1. The van der Waals surface area contributed by atoms with Gasteiger partial charge >= 0.3 is 6.09 Å². The number of carbonyl (C=O) groups is 2. The van der Waals surface area contributed by atoms with Crippen LogP contribution in [0.5, 0.6) is 5.75 Å². The molecule has 1 N–H and O–H groups in total. The third-order valence-corrected chi connectivity index (χ3v) is 5.01. The molecule has 6 nitrogen and oxygen atoms in total. The Bertz CT molecular complexity index is 622. The molecule has 2 unspecified atom stereocenters. The van der Waals surface area contributed by atoms with Crippen molar-refractivity contribution in [3.05, 3.63) is 24.3 Å². The van der Waals surface area contributed by atoms with Gasteiger partial charge in [0.1, 0.15) is 11.3 Å². The van der Waals surface area contributed by atoms with E-state index in [1.165, 1.54) is 4.90 Å². The smallest absolute Gasteiger partial charge is 0.408 e. The Kier molecular flexibility index (Phi) is 6.16. The van der Waals surface area contributed by atoms with E-state index in [1.54, 1.807) is 11.8 Å². The molecule has 0 aliphatic carbocycles. The van der Waals surface area contributed by atoms with Gasteiger partial charge in [0, 0.05) is 18.1 Å². The minimum absolute atomic E-state index is 0.202. The number of piperazine rings is 1. The summed E-state index contributed by atoms with van der Waals surface area (Å²) in [5.41, 5.74) is -0.319. The Labute approximate surface area is 153 Å². The van der Waals surface area contributed by atoms with Crippen LogP contribution in [0.3, 0.4) is 0 Å². The number of benzene rings is 1. The lowest BCUT2D eigenvalue weighted by atomic mass is 9.89. The predicted molar refractivity (Wildman–Crippen MR) is 97.6 cm³/mol. The van der Waals surface area contributed by atoms with Gasteiger partial charge in [-0.15, -0.1) is 11.6 Å². The number of nitrogens with zero attached hydrogens (tertiary/aromatic N) is 2. The van der Waals surface area contributed by atoms with Crippen LogP contribution in [-0.4, -0.2) is 52.6 Å². The second kappa shape index (κ2) is 7.95. The van der Waals surface area contributed by atoms with Gasteiger partial charge < -0.3 is 14.7 Å². The van der Waals surface area contributed by atoms with Crippen LogP contribution in [0.25, 0.3) is 0 Å². The lowest BCUT2D eigenvalue weighted by Crippen LogP contribution is -2.68. The van der Waals surface area contributed by atoms with Crippen LogP contribution in [0.2, 0.25) is 0 Å². The number of carbonyl (C=O) groups excluding carboxylic acids is 1. The SMILES string of the molecule is CCC1(C)C(=O)N(c2ccc(OCCCCl)cc2)C(C)CN1C(=O)O. The average Bonchev–Trinajstić information content (AvgIpc) is 2.59. The molecule has 2 amide bonds. The summed E-state index contributed by atoms with van der Waals surface area (Å²) < 4.78 is 5.58. The highest BCUT2D eigenvalue weighted by molar-refractivity contribution is 6.17. The molecule has 138 valence electrons. The minimum Gasteiger partial charge on any atom is -0.494 e. The predicted octanol–water partition coefficient (Wildman–Crippen LogP) is 3.58. The number of ether oxygens (including phenoxy) is 1. The normalized spacial score (nSPS) is 23.7. The van der Waals surface area contributed by atoms with E-state index in [9.17, 15) is 14.7 Å². The maximum atomic E-state index is 13.1. The molecule has 1 fully saturated rings. The summed E-state index contributed by atoms with van der Waals surface area (Å²) in [5, 5.41) is 9.47. The largest absolute Gasteiger partial charge is 0.494 e. The summed E-state index contributed by atoms with van der Waals surface area (Å²) in [6, 6.07) is 7.05. The average molecular weight is 369 g/mol. The summed E-state index contributed by atoms with van der Waals surface area (Å²) in [5.74, 6) is 1.07. The first-order valence-corrected chi connectivity index (χ1v) is 9.01. The second-order valence-electron chi connectivity index (χ2n) is 6.43. The van der Waals surface area contributed by atoms with E-state index in [0.29, 0.717) is 18.9 Å². The number of halogens is 1. The number of hydrogen-bond acceptors (Lipinski definition) is 3. The van der Waals surface area contributed by atoms with Gasteiger partial charge in [-0.1, -0.05) is 6.92 Å². The van der Waals surface area contributed by atoms with Crippen molar-refractivity contribution in [3.8, 4) is 5.75 Å². The summed E-state index contributed by atoms with van der Waals surface area (Å²) in [4.78, 5) is 27.6. The molecule has 1 aromatic carbocycles. The van der Waals surface area contributed by atoms with Gasteiger partial charge in [0.2, 0.25) is 0 Å². The Morgan fingerprint density at radius 2 is 2.04 bits per heavy atom. The highest BCUT2D eigenvalue weighted by Gasteiger charge is 2.49. The van der Waals surface area contributed by atoms with E-state index in [-0.39, 0.29) is 18.5 Å². The zero-order chi connectivity index (χ0) is 18.6. The van der Waals surface area contributed by atoms with Crippen LogP contribution in [0, 0.1) is 0 Å². The molecular formula is C18H25ClN2O4. The standard InChI is InChI=1S/C18H25ClN2O4/c1-4-18(3)16(22)21(13(2)12-20(18)17(23)24)14-6-8-15(9-7-14)25-11-5-10-19/h6-9,13H,4-5,10-12H2,1-3H3,(H,23,24). The maximum Gasteiger partial charge on any atom is 0.408 e. The van der Waals surface area contributed by atoms with E-state index >= 15 is 0 Å². The molecule has 2 atom stereocenters. The van der Waals surface area contributed by atoms with Crippen molar-refractivity contribution in [2.24, 2.45) is 0 Å². The lowest BCUT2D eigenvalue weighted by molar-refractivity contribution is -0.132. The van der Waals surface area contributed by atoms with Crippen molar-refractivity contribution >= 4 is 29.3 Å². The molecule has 7 heteroatoms. The number of hydrogen-bond donors (Lipinski definition) is 1. The van der Waals surface area contributed by atoms with Gasteiger partial charge in [0.05, 0.1) is 12.6 Å². The highest BCUT2D eigenvalue weighted by atomic mass is 35.5. The van der Waals surface area contributed by atoms with Crippen LogP contribution in [0.15, 0.2) is 24.3 Å². The van der Waals surface area contributed by atoms with Gasteiger partial charge in [0.15, 0.2) is 0 Å². The molecule has 0 spiro atoms. The fraction of sp³-hybridized carbons (Fsp3) is 0.556. The topological polar surface area (TPSA) is 70.1 Å². The van der Waals surface area contributed by atoms with E-state index in [0.717, 1.165) is 17.9 Å². The molecule has 0 saturated carbocycles. The molecular weight excluding hydrogens is 344 g/mol. The zero-order valence-electron chi connectivity index (χ0n) is 14.9. The molecule has 0 aromatic heterocycles. The lowest BCUT2D eigenvalue weighted by Gasteiger charge is -2.49. The molecule has 1 saturated heterocycles. The van der Waals surface area contributed by atoms with Crippen molar-refractivity contribution in [1.82, 2.24) is 4.90 Å². The van der Waals surface area contributed by atoms with Crippen molar-refractivity contribution in [1.29, 1.82) is 0 Å². The molecule has 25 heavy (non-hydrogen) atoms. The summed E-state index contributed by atoms with van der Waals surface area (Å²) in [7, 11) is 0. The second-order valence-corrected chi connectivity index (χ2v) is 6.81. The molecule has 1 heterocycles. The van der Waals surface area contributed by atoms with E-state index < -0.39 is 11.6 Å². The Morgan fingerprint density at radius 1 is 1.40 bits per heavy atom. The van der Waals surface area contributed by atoms with Gasteiger partial charge in [-0.25, -0.2) is 4.79 Å². The number of rotatable bonds is 6. The first kappa shape index (κ1) is 19.4. The third kappa shape index (κ3) is 3.84. The molecule has 0 radical (unpaired) electrons. The molecule has 0 bridgehead atoms. The number of alkyl halides is 1. The van der Waals surface area contributed by atoms with Crippen LogP contribution < -0.4 is 9.64 Å². The van der Waals surface area contributed by atoms with Crippen molar-refractivity contribution in [3.63, 3.8) is 0 Å². The Hall–Kier alpha value is -1.95. The zero-order valence-corrected chi connectivity index (χ0v) is 15.6. The molecule has 2 rings (SSSR count). The van der Waals surface area contributed by atoms with Gasteiger partial charge in [0.25, 0.3) is 5.91 Å². The minimum atomic E-state index is -1.06. The van der Waals surface area contributed by atoms with E-state index in [4.69, 9.17) is 16.3 Å². The Morgan fingerprint density at radius 3 is 2.56 bits per heavy atom. The summed E-state index contributed by atoms with van der Waals surface area (Å²) in [6.07, 6.45) is 0.124. The van der Waals surface area contributed by atoms with Gasteiger partial charge in [-0.05, 0) is 51.0 Å². The first-order valence-electron chi connectivity index (χ1n) is 8.48. The van der Waals surface area contributed by atoms with Gasteiger partial charge in [-0.2, -0.15) is 0 Å². The Balaban J connectivity index is 2.23. The third-order valence-electron chi connectivity index (χ3n) is 4.74. The quantitative estimate of drug-likeness (QED) is 0.615. The monoisotopic (exact) mass is 368 g/mol.